The van der Waals surface area contributed by atoms with E-state index in [2.05, 4.69) is 10.6 Å². The average Bonchev–Trinajstić information content (AvgIpc) is 2.25. The lowest BCUT2D eigenvalue weighted by molar-refractivity contribution is -0.166. The van der Waals surface area contributed by atoms with E-state index in [9.17, 15) is 9.59 Å². The molecule has 0 aromatic carbocycles. The average molecular weight is 229 g/mol. The van der Waals surface area contributed by atoms with E-state index >= 15 is 0 Å². The number of carbonyl (C=O) groups is 2. The van der Waals surface area contributed by atoms with Gasteiger partial charge in [-0.2, -0.15) is 5.26 Å². The Morgan fingerprint density at radius 1 is 1.87 bits per heavy atom. The Labute approximate surface area is 91.3 Å². The molecule has 0 spiro atoms. The first kappa shape index (κ1) is 11.8. The summed E-state index contributed by atoms with van der Waals surface area (Å²) in [7, 11) is 1.33. The number of ether oxygens (including phenoxy) is 1. The van der Waals surface area contributed by atoms with Crippen molar-refractivity contribution in [1.29, 1.82) is 5.26 Å². The second-order valence-corrected chi connectivity index (χ2v) is 3.89. The normalized spacial score (nSPS) is 25.8. The van der Waals surface area contributed by atoms with Gasteiger partial charge in [0.05, 0.1) is 12.6 Å². The molecule has 0 radical (unpaired) electrons. The fourth-order valence-corrected chi connectivity index (χ4v) is 1.50. The number of nitrogens with one attached hydrogen (secondary N) is 2. The van der Waals surface area contributed by atoms with Crippen LogP contribution in [0.25, 0.3) is 0 Å². The molecule has 2 atom stereocenters. The van der Waals surface area contributed by atoms with E-state index in [4.69, 9.17) is 10.00 Å². The maximum absolute atomic E-state index is 11.5. The first-order chi connectivity index (χ1) is 7.09. The van der Waals surface area contributed by atoms with E-state index in [1.165, 1.54) is 7.11 Å². The predicted molar refractivity (Wildman–Crippen MR) is 53.8 cm³/mol. The van der Waals surface area contributed by atoms with Crippen molar-refractivity contribution in [3.05, 3.63) is 0 Å². The number of β-lactam (4-membered cyclic amide) rings is 1. The number of nitrogens with zero attached hydrogens (tertiary/aromatic N) is 1. The summed E-state index contributed by atoms with van der Waals surface area (Å²) in [6.45, 7) is 0.223. The third kappa shape index (κ3) is 2.06. The summed E-state index contributed by atoms with van der Waals surface area (Å²) in [5.74, 6) is -0.905. The van der Waals surface area contributed by atoms with Crippen LogP contribution < -0.4 is 10.6 Å². The molecule has 0 aromatic rings. The fraction of sp³-hybridized carbons (Fsp3) is 0.625. The highest BCUT2D eigenvalue weighted by Crippen LogP contribution is 2.15. The summed E-state index contributed by atoms with van der Waals surface area (Å²) in [5, 5.41) is 12.7. The minimum Gasteiger partial charge on any atom is -0.349 e. The van der Waals surface area contributed by atoms with Gasteiger partial charge in [0.15, 0.2) is 5.25 Å². The van der Waals surface area contributed by atoms with Gasteiger partial charge < -0.3 is 15.4 Å². The molecule has 0 bridgehead atoms. The molecule has 6 nitrogen and oxygen atoms in total. The summed E-state index contributed by atoms with van der Waals surface area (Å²) in [6.07, 6.45) is 1.65. The van der Waals surface area contributed by atoms with Crippen LogP contribution in [0.1, 0.15) is 0 Å². The summed E-state index contributed by atoms with van der Waals surface area (Å²) in [6, 6.07) is 1.82. The van der Waals surface area contributed by atoms with Gasteiger partial charge in [0.25, 0.3) is 5.91 Å². The van der Waals surface area contributed by atoms with Gasteiger partial charge in [0.2, 0.25) is 11.6 Å². The summed E-state index contributed by atoms with van der Waals surface area (Å²) in [4.78, 5) is 22.7. The van der Waals surface area contributed by atoms with Gasteiger partial charge in [-0.1, -0.05) is 0 Å². The second-order valence-electron chi connectivity index (χ2n) is 2.95. The van der Waals surface area contributed by atoms with Crippen LogP contribution in [0.2, 0.25) is 0 Å². The van der Waals surface area contributed by atoms with Gasteiger partial charge in [0, 0.05) is 7.11 Å². The molecule has 0 saturated carbocycles. The zero-order chi connectivity index (χ0) is 11.5. The van der Waals surface area contributed by atoms with Crippen molar-refractivity contribution in [3.8, 4) is 6.07 Å². The smallest absolute Gasteiger partial charge is 0.275 e. The molecule has 1 fully saturated rings. The van der Waals surface area contributed by atoms with Gasteiger partial charge in [-0.3, -0.25) is 9.59 Å². The zero-order valence-corrected chi connectivity index (χ0v) is 9.18. The van der Waals surface area contributed by atoms with Crippen LogP contribution in [0.15, 0.2) is 0 Å². The van der Waals surface area contributed by atoms with Crippen molar-refractivity contribution in [1.82, 2.24) is 10.6 Å². The molecule has 82 valence electrons. The Hall–Kier alpha value is -1.26. The minimum absolute atomic E-state index is 0.223. The molecule has 2 N–H and O–H groups in total. The standard InChI is InChI=1S/C8H11N3O3S/c1-14-8(4-10-7(8)13)11-6(12)5(3-9)15-2/h5H,4H2,1-2H3,(H,10,13)(H,11,12). The number of thioether (sulfide) groups is 1. The molecule has 2 amide bonds. The summed E-state index contributed by atoms with van der Waals surface area (Å²) in [5.41, 5.74) is -1.29. The summed E-state index contributed by atoms with van der Waals surface area (Å²) >= 11 is 1.10. The SMILES string of the molecule is COC1(NC(=O)C(C#N)SC)CNC1=O. The van der Waals surface area contributed by atoms with E-state index in [1.54, 1.807) is 6.26 Å². The van der Waals surface area contributed by atoms with Gasteiger partial charge in [0.1, 0.15) is 0 Å². The van der Waals surface area contributed by atoms with E-state index in [0.29, 0.717) is 0 Å². The Morgan fingerprint density at radius 2 is 2.53 bits per heavy atom. The van der Waals surface area contributed by atoms with Crippen LogP contribution in [0, 0.1) is 11.3 Å². The molecule has 2 unspecified atom stereocenters. The van der Waals surface area contributed by atoms with E-state index in [0.717, 1.165) is 11.8 Å². The van der Waals surface area contributed by atoms with Gasteiger partial charge in [-0.25, -0.2) is 0 Å². The highest BCUT2D eigenvalue weighted by atomic mass is 32.2. The van der Waals surface area contributed by atoms with Crippen LogP contribution in [0.3, 0.4) is 0 Å². The third-order valence-electron chi connectivity index (χ3n) is 2.13. The van der Waals surface area contributed by atoms with Crippen molar-refractivity contribution >= 4 is 23.6 Å². The molecule has 0 aliphatic carbocycles. The van der Waals surface area contributed by atoms with Crippen molar-refractivity contribution in [2.24, 2.45) is 0 Å². The molecular formula is C8H11N3O3S. The number of hydrogen-bond donors (Lipinski definition) is 2. The monoisotopic (exact) mass is 229 g/mol. The van der Waals surface area contributed by atoms with Crippen molar-refractivity contribution < 1.29 is 14.3 Å². The molecule has 1 rings (SSSR count). The van der Waals surface area contributed by atoms with E-state index in [1.807, 2.05) is 6.07 Å². The quantitative estimate of drug-likeness (QED) is 0.468. The lowest BCUT2D eigenvalue weighted by atomic mass is 10.1. The number of carbonyl (C=O) groups excluding carboxylic acids is 2. The lowest BCUT2D eigenvalue weighted by Gasteiger charge is -2.39. The minimum atomic E-state index is -1.29. The van der Waals surface area contributed by atoms with Crippen LogP contribution in [0.4, 0.5) is 0 Å². The van der Waals surface area contributed by atoms with E-state index < -0.39 is 22.8 Å². The molecule has 0 aromatic heterocycles. The topological polar surface area (TPSA) is 91.2 Å². The highest BCUT2D eigenvalue weighted by Gasteiger charge is 2.49. The van der Waals surface area contributed by atoms with Gasteiger partial charge >= 0.3 is 0 Å². The molecular weight excluding hydrogens is 218 g/mol. The Balaban J connectivity index is 2.65. The van der Waals surface area contributed by atoms with Crippen LogP contribution in [-0.2, 0) is 14.3 Å². The highest BCUT2D eigenvalue weighted by molar-refractivity contribution is 8.00. The lowest BCUT2D eigenvalue weighted by Crippen LogP contribution is -2.74. The van der Waals surface area contributed by atoms with Crippen LogP contribution in [-0.4, -0.2) is 42.7 Å². The molecule has 1 aliphatic rings. The second kappa shape index (κ2) is 4.51. The first-order valence-corrected chi connectivity index (χ1v) is 5.46. The maximum atomic E-state index is 11.5. The van der Waals surface area contributed by atoms with Crippen molar-refractivity contribution in [2.45, 2.75) is 11.0 Å². The zero-order valence-electron chi connectivity index (χ0n) is 8.36. The Bertz CT molecular complexity index is 324. The van der Waals surface area contributed by atoms with Gasteiger partial charge in [-0.15, -0.1) is 11.8 Å². The number of amides is 2. The Kier molecular flexibility index (Phi) is 3.55. The maximum Gasteiger partial charge on any atom is 0.275 e. The van der Waals surface area contributed by atoms with Crippen LogP contribution in [0.5, 0.6) is 0 Å². The number of hydrogen-bond acceptors (Lipinski definition) is 5. The first-order valence-electron chi connectivity index (χ1n) is 4.17. The van der Waals surface area contributed by atoms with Crippen molar-refractivity contribution in [2.75, 3.05) is 19.9 Å². The molecule has 1 saturated heterocycles. The molecule has 1 heterocycles. The molecule has 15 heavy (non-hydrogen) atoms. The number of methoxy groups -OCH3 is 1. The summed E-state index contributed by atoms with van der Waals surface area (Å²) < 4.78 is 4.93. The molecule has 1 aliphatic heterocycles. The fourth-order valence-electron chi connectivity index (χ4n) is 1.12. The van der Waals surface area contributed by atoms with Crippen molar-refractivity contribution in [3.63, 3.8) is 0 Å². The Morgan fingerprint density at radius 3 is 2.80 bits per heavy atom. The molecule has 7 heteroatoms. The number of rotatable bonds is 4. The van der Waals surface area contributed by atoms with Crippen LogP contribution >= 0.6 is 11.8 Å². The number of nitriles is 1. The predicted octanol–water partition coefficient (Wildman–Crippen LogP) is -1.17. The largest absolute Gasteiger partial charge is 0.349 e. The van der Waals surface area contributed by atoms with Gasteiger partial charge in [-0.05, 0) is 6.26 Å². The third-order valence-corrected chi connectivity index (χ3v) is 2.92. The van der Waals surface area contributed by atoms with E-state index in [-0.39, 0.29) is 6.54 Å².